The van der Waals surface area contributed by atoms with Crippen molar-refractivity contribution in [2.45, 2.75) is 19.9 Å². The molecule has 0 aromatic heterocycles. The Bertz CT molecular complexity index is 441. The summed E-state index contributed by atoms with van der Waals surface area (Å²) in [4.78, 5) is 14.5. The van der Waals surface area contributed by atoms with Gasteiger partial charge in [0.1, 0.15) is 11.8 Å². The Kier molecular flexibility index (Phi) is 6.02. The lowest BCUT2D eigenvalue weighted by Crippen LogP contribution is -2.47. The summed E-state index contributed by atoms with van der Waals surface area (Å²) >= 11 is 0. The van der Waals surface area contributed by atoms with Gasteiger partial charge < -0.3 is 14.8 Å². The fraction of sp³-hybridized carbons (Fsp3) is 0.562. The predicted molar refractivity (Wildman–Crippen MR) is 81.4 cm³/mol. The fourth-order valence-electron chi connectivity index (χ4n) is 2.57. The van der Waals surface area contributed by atoms with Crippen molar-refractivity contribution in [3.05, 3.63) is 29.8 Å². The number of hydrogen-bond donors (Lipinski definition) is 1. The molecule has 1 heterocycles. The summed E-state index contributed by atoms with van der Waals surface area (Å²) in [5.74, 6) is 0.646. The molecule has 1 saturated heterocycles. The number of ether oxygens (including phenoxy) is 2. The highest BCUT2D eigenvalue weighted by atomic mass is 16.5. The van der Waals surface area contributed by atoms with E-state index >= 15 is 0 Å². The van der Waals surface area contributed by atoms with Crippen molar-refractivity contribution in [2.24, 2.45) is 0 Å². The van der Waals surface area contributed by atoms with E-state index < -0.39 is 0 Å². The molecule has 21 heavy (non-hydrogen) atoms. The molecule has 1 aliphatic heterocycles. The summed E-state index contributed by atoms with van der Waals surface area (Å²) in [6, 6.07) is 7.40. The average molecular weight is 292 g/mol. The van der Waals surface area contributed by atoms with Crippen LogP contribution < -0.4 is 10.1 Å². The Labute approximate surface area is 126 Å². The molecule has 0 aliphatic carbocycles. The van der Waals surface area contributed by atoms with Crippen LogP contribution in [-0.2, 0) is 9.53 Å². The maximum atomic E-state index is 12.3. The van der Waals surface area contributed by atoms with E-state index in [-0.39, 0.29) is 12.0 Å². The van der Waals surface area contributed by atoms with Gasteiger partial charge in [-0.1, -0.05) is 12.1 Å². The Morgan fingerprint density at radius 1 is 1.19 bits per heavy atom. The van der Waals surface area contributed by atoms with Gasteiger partial charge in [-0.15, -0.1) is 0 Å². The Morgan fingerprint density at radius 3 is 2.43 bits per heavy atom. The molecule has 2 rings (SSSR count). The van der Waals surface area contributed by atoms with Crippen molar-refractivity contribution >= 4 is 5.97 Å². The molecule has 1 aromatic carbocycles. The van der Waals surface area contributed by atoms with Crippen LogP contribution in [0.25, 0.3) is 0 Å². The van der Waals surface area contributed by atoms with E-state index in [1.54, 1.807) is 0 Å². The second-order valence-corrected chi connectivity index (χ2v) is 4.94. The molecule has 1 unspecified atom stereocenters. The lowest BCUT2D eigenvalue weighted by atomic mass is 10.0. The lowest BCUT2D eigenvalue weighted by molar-refractivity contribution is -0.150. The largest absolute Gasteiger partial charge is 0.494 e. The first kappa shape index (κ1) is 15.8. The topological polar surface area (TPSA) is 50.8 Å². The van der Waals surface area contributed by atoms with Crippen LogP contribution in [0, 0.1) is 0 Å². The van der Waals surface area contributed by atoms with Gasteiger partial charge in [-0.25, -0.2) is 4.79 Å². The minimum Gasteiger partial charge on any atom is -0.494 e. The van der Waals surface area contributed by atoms with Crippen molar-refractivity contribution in [2.75, 3.05) is 39.4 Å². The van der Waals surface area contributed by atoms with Crippen LogP contribution in [0.3, 0.4) is 0 Å². The molecule has 0 saturated carbocycles. The predicted octanol–water partition coefficient (Wildman–Crippen LogP) is 1.59. The van der Waals surface area contributed by atoms with E-state index in [0.29, 0.717) is 13.2 Å². The number of nitrogens with zero attached hydrogens (tertiary/aromatic N) is 1. The molecule has 1 fully saturated rings. The minimum atomic E-state index is -0.331. The Morgan fingerprint density at radius 2 is 1.86 bits per heavy atom. The molecule has 5 nitrogen and oxygen atoms in total. The third kappa shape index (κ3) is 4.19. The van der Waals surface area contributed by atoms with Gasteiger partial charge in [0.25, 0.3) is 0 Å². The van der Waals surface area contributed by atoms with E-state index in [1.807, 2.05) is 38.1 Å². The van der Waals surface area contributed by atoms with Crippen LogP contribution >= 0.6 is 0 Å². The fourth-order valence-corrected chi connectivity index (χ4v) is 2.57. The maximum Gasteiger partial charge on any atom is 0.328 e. The van der Waals surface area contributed by atoms with E-state index in [4.69, 9.17) is 9.47 Å². The molecule has 0 spiro atoms. The number of piperazine rings is 1. The monoisotopic (exact) mass is 292 g/mol. The number of benzene rings is 1. The van der Waals surface area contributed by atoms with Gasteiger partial charge in [-0.2, -0.15) is 0 Å². The van der Waals surface area contributed by atoms with E-state index in [1.165, 1.54) is 0 Å². The second kappa shape index (κ2) is 8.00. The van der Waals surface area contributed by atoms with Gasteiger partial charge in [0, 0.05) is 26.2 Å². The average Bonchev–Trinajstić information content (AvgIpc) is 2.51. The van der Waals surface area contributed by atoms with Crippen molar-refractivity contribution in [1.82, 2.24) is 10.2 Å². The van der Waals surface area contributed by atoms with E-state index in [0.717, 1.165) is 37.5 Å². The molecule has 0 bridgehead atoms. The Balaban J connectivity index is 2.18. The zero-order valence-corrected chi connectivity index (χ0v) is 12.8. The zero-order chi connectivity index (χ0) is 15.1. The van der Waals surface area contributed by atoms with Crippen LogP contribution in [0.15, 0.2) is 24.3 Å². The van der Waals surface area contributed by atoms with Crippen LogP contribution in [0.5, 0.6) is 5.75 Å². The minimum absolute atomic E-state index is 0.177. The molecule has 0 amide bonds. The van der Waals surface area contributed by atoms with Crippen LogP contribution in [0.4, 0.5) is 0 Å². The summed E-state index contributed by atoms with van der Waals surface area (Å²) in [7, 11) is 0. The molecule has 0 radical (unpaired) electrons. The van der Waals surface area contributed by atoms with Gasteiger partial charge in [-0.3, -0.25) is 4.90 Å². The highest BCUT2D eigenvalue weighted by Gasteiger charge is 2.29. The smallest absolute Gasteiger partial charge is 0.328 e. The molecular weight excluding hydrogens is 268 g/mol. The molecule has 1 N–H and O–H groups in total. The van der Waals surface area contributed by atoms with Crippen LogP contribution in [0.2, 0.25) is 0 Å². The summed E-state index contributed by atoms with van der Waals surface area (Å²) in [6.07, 6.45) is 0. The SMILES string of the molecule is CCOC(=O)C(c1ccc(OCC)cc1)N1CCNCC1. The first-order valence-corrected chi connectivity index (χ1v) is 7.60. The molecule has 1 aliphatic rings. The van der Waals surface area contributed by atoms with Crippen molar-refractivity contribution in [3.63, 3.8) is 0 Å². The molecule has 5 heteroatoms. The highest BCUT2D eigenvalue weighted by Crippen LogP contribution is 2.25. The summed E-state index contributed by atoms with van der Waals surface area (Å²) in [5, 5.41) is 3.30. The molecule has 1 aromatic rings. The third-order valence-electron chi connectivity index (χ3n) is 3.53. The summed E-state index contributed by atoms with van der Waals surface area (Å²) in [5.41, 5.74) is 0.957. The Hall–Kier alpha value is -1.59. The number of nitrogens with one attached hydrogen (secondary N) is 1. The van der Waals surface area contributed by atoms with E-state index in [9.17, 15) is 4.79 Å². The number of rotatable bonds is 6. The normalized spacial score (nSPS) is 17.2. The molecule has 116 valence electrons. The summed E-state index contributed by atoms with van der Waals surface area (Å²) in [6.45, 7) is 8.31. The molecule has 1 atom stereocenters. The third-order valence-corrected chi connectivity index (χ3v) is 3.53. The van der Waals surface area contributed by atoms with Crippen LogP contribution in [0.1, 0.15) is 25.5 Å². The number of carbonyl (C=O) groups excluding carboxylic acids is 1. The van der Waals surface area contributed by atoms with Crippen molar-refractivity contribution < 1.29 is 14.3 Å². The standard InChI is InChI=1S/C16H24N2O3/c1-3-20-14-7-5-13(6-8-14)15(16(19)21-4-2)18-11-9-17-10-12-18/h5-8,15,17H,3-4,9-12H2,1-2H3. The van der Waals surface area contributed by atoms with Crippen molar-refractivity contribution in [1.29, 1.82) is 0 Å². The van der Waals surface area contributed by atoms with Gasteiger partial charge in [0.05, 0.1) is 13.2 Å². The maximum absolute atomic E-state index is 12.3. The second-order valence-electron chi connectivity index (χ2n) is 4.94. The first-order valence-electron chi connectivity index (χ1n) is 7.60. The lowest BCUT2D eigenvalue weighted by Gasteiger charge is -2.33. The van der Waals surface area contributed by atoms with Crippen molar-refractivity contribution in [3.8, 4) is 5.75 Å². The van der Waals surface area contributed by atoms with Gasteiger partial charge in [-0.05, 0) is 31.5 Å². The quantitative estimate of drug-likeness (QED) is 0.807. The zero-order valence-electron chi connectivity index (χ0n) is 12.8. The van der Waals surface area contributed by atoms with E-state index in [2.05, 4.69) is 10.2 Å². The van der Waals surface area contributed by atoms with Crippen LogP contribution in [-0.4, -0.2) is 50.3 Å². The van der Waals surface area contributed by atoms with Gasteiger partial charge >= 0.3 is 5.97 Å². The highest BCUT2D eigenvalue weighted by molar-refractivity contribution is 5.77. The summed E-state index contributed by atoms with van der Waals surface area (Å²) < 4.78 is 10.7. The number of carbonyl (C=O) groups is 1. The molecular formula is C16H24N2O3. The van der Waals surface area contributed by atoms with Gasteiger partial charge in [0.15, 0.2) is 0 Å². The number of hydrogen-bond acceptors (Lipinski definition) is 5. The van der Waals surface area contributed by atoms with Gasteiger partial charge in [0.2, 0.25) is 0 Å². The first-order chi connectivity index (χ1) is 10.3. The number of esters is 1.